The van der Waals surface area contributed by atoms with Gasteiger partial charge in [-0.2, -0.15) is 5.10 Å². The number of fused-ring (bicyclic) bond motifs is 1. The average molecular weight is 336 g/mol. The molecule has 0 aliphatic carbocycles. The standard InChI is InChI=1S/C18H16N4O3/c19-18(25)20-15(23)10-11-22-17(24)14-9-5-4-8-13(14)16(21-22)12-6-2-1-3-7-12/h1-9H,10-11H2,(H3,19,20,23,25). The molecule has 0 aliphatic rings. The molecule has 1 heterocycles. The summed E-state index contributed by atoms with van der Waals surface area (Å²) in [5.74, 6) is -0.560. The number of nitrogens with two attached hydrogens (primary N) is 1. The number of imide groups is 1. The third-order valence-corrected chi connectivity index (χ3v) is 3.73. The number of hydrogen-bond acceptors (Lipinski definition) is 4. The highest BCUT2D eigenvalue weighted by atomic mass is 16.2. The average Bonchev–Trinajstić information content (AvgIpc) is 2.61. The minimum Gasteiger partial charge on any atom is -0.351 e. The lowest BCUT2D eigenvalue weighted by Crippen LogP contribution is -2.36. The summed E-state index contributed by atoms with van der Waals surface area (Å²) in [6.07, 6.45) is -0.0809. The fraction of sp³-hybridized carbons (Fsp3) is 0.111. The summed E-state index contributed by atoms with van der Waals surface area (Å²) in [7, 11) is 0. The predicted molar refractivity (Wildman–Crippen MR) is 93.8 cm³/mol. The van der Waals surface area contributed by atoms with Gasteiger partial charge in [-0.05, 0) is 6.07 Å². The van der Waals surface area contributed by atoms with Gasteiger partial charge in [-0.25, -0.2) is 9.48 Å². The van der Waals surface area contributed by atoms with Gasteiger partial charge >= 0.3 is 6.03 Å². The van der Waals surface area contributed by atoms with Gasteiger partial charge in [-0.15, -0.1) is 0 Å². The predicted octanol–water partition coefficient (Wildman–Crippen LogP) is 1.65. The van der Waals surface area contributed by atoms with Crippen LogP contribution < -0.4 is 16.6 Å². The van der Waals surface area contributed by atoms with Crippen molar-refractivity contribution in [1.82, 2.24) is 15.1 Å². The second-order valence-electron chi connectivity index (χ2n) is 5.45. The molecule has 0 atom stereocenters. The zero-order chi connectivity index (χ0) is 17.8. The van der Waals surface area contributed by atoms with Crippen molar-refractivity contribution in [2.75, 3.05) is 0 Å². The van der Waals surface area contributed by atoms with Crippen LogP contribution in [0.3, 0.4) is 0 Å². The lowest BCUT2D eigenvalue weighted by Gasteiger charge is -2.11. The molecule has 25 heavy (non-hydrogen) atoms. The highest BCUT2D eigenvalue weighted by Crippen LogP contribution is 2.24. The second-order valence-corrected chi connectivity index (χ2v) is 5.45. The Labute approximate surface area is 143 Å². The maximum absolute atomic E-state index is 12.6. The third-order valence-electron chi connectivity index (χ3n) is 3.73. The molecule has 3 N–H and O–H groups in total. The Morgan fingerprint density at radius 1 is 1.00 bits per heavy atom. The Kier molecular flexibility index (Phi) is 4.56. The van der Waals surface area contributed by atoms with Crippen LogP contribution in [-0.2, 0) is 11.3 Å². The van der Waals surface area contributed by atoms with E-state index < -0.39 is 11.9 Å². The van der Waals surface area contributed by atoms with E-state index in [0.717, 1.165) is 10.9 Å². The first kappa shape index (κ1) is 16.4. The number of urea groups is 1. The first-order valence-corrected chi connectivity index (χ1v) is 7.71. The minimum absolute atomic E-state index is 0.0443. The Morgan fingerprint density at radius 2 is 1.64 bits per heavy atom. The summed E-state index contributed by atoms with van der Waals surface area (Å²) in [6.45, 7) is 0.0443. The molecule has 0 saturated carbocycles. The summed E-state index contributed by atoms with van der Waals surface area (Å²) < 4.78 is 1.24. The van der Waals surface area contributed by atoms with Crippen LogP contribution in [0.25, 0.3) is 22.0 Å². The Bertz CT molecular complexity index is 996. The lowest BCUT2D eigenvalue weighted by molar-refractivity contribution is -0.120. The third kappa shape index (κ3) is 3.55. The number of nitrogens with zero attached hydrogens (tertiary/aromatic N) is 2. The monoisotopic (exact) mass is 336 g/mol. The number of carbonyl (C=O) groups is 2. The van der Waals surface area contributed by atoms with Crippen LogP contribution in [-0.4, -0.2) is 21.7 Å². The molecule has 3 aromatic rings. The Balaban J connectivity index is 2.05. The van der Waals surface area contributed by atoms with Crippen LogP contribution in [0.2, 0.25) is 0 Å². The van der Waals surface area contributed by atoms with E-state index in [9.17, 15) is 14.4 Å². The van der Waals surface area contributed by atoms with E-state index in [1.54, 1.807) is 12.1 Å². The Hall–Kier alpha value is -3.48. The van der Waals surface area contributed by atoms with Gasteiger partial charge in [0.1, 0.15) is 0 Å². The SMILES string of the molecule is NC(=O)NC(=O)CCn1nc(-c2ccccc2)c2ccccc2c1=O. The van der Waals surface area contributed by atoms with Gasteiger partial charge in [0, 0.05) is 17.4 Å². The summed E-state index contributed by atoms with van der Waals surface area (Å²) in [5, 5.41) is 7.67. The topological polar surface area (TPSA) is 107 Å². The smallest absolute Gasteiger partial charge is 0.318 e. The number of benzene rings is 2. The summed E-state index contributed by atoms with van der Waals surface area (Å²) >= 11 is 0. The fourth-order valence-electron chi connectivity index (χ4n) is 2.60. The summed E-state index contributed by atoms with van der Waals surface area (Å²) in [5.41, 5.74) is 6.15. The van der Waals surface area contributed by atoms with Crippen molar-refractivity contribution in [3.05, 3.63) is 65.0 Å². The van der Waals surface area contributed by atoms with Gasteiger partial charge in [-0.3, -0.25) is 14.9 Å². The molecule has 3 amide bonds. The van der Waals surface area contributed by atoms with E-state index in [1.165, 1.54) is 4.68 Å². The first-order chi connectivity index (χ1) is 12.1. The van der Waals surface area contributed by atoms with Crippen LogP contribution in [0.4, 0.5) is 4.79 Å². The van der Waals surface area contributed by atoms with Crippen molar-refractivity contribution >= 4 is 22.7 Å². The lowest BCUT2D eigenvalue weighted by atomic mass is 10.1. The second kappa shape index (κ2) is 6.96. The van der Waals surface area contributed by atoms with Crippen molar-refractivity contribution < 1.29 is 9.59 Å². The molecule has 0 aliphatic heterocycles. The van der Waals surface area contributed by atoms with Crippen LogP contribution in [0.1, 0.15) is 6.42 Å². The van der Waals surface area contributed by atoms with E-state index in [4.69, 9.17) is 5.73 Å². The van der Waals surface area contributed by atoms with Gasteiger partial charge in [0.15, 0.2) is 0 Å². The maximum Gasteiger partial charge on any atom is 0.318 e. The maximum atomic E-state index is 12.6. The van der Waals surface area contributed by atoms with Crippen LogP contribution in [0.5, 0.6) is 0 Å². The molecule has 0 bridgehead atoms. The summed E-state index contributed by atoms with van der Waals surface area (Å²) in [4.78, 5) is 34.9. The van der Waals surface area contributed by atoms with E-state index in [0.29, 0.717) is 11.1 Å². The van der Waals surface area contributed by atoms with Gasteiger partial charge in [0.2, 0.25) is 5.91 Å². The molecule has 0 spiro atoms. The number of carbonyl (C=O) groups excluding carboxylic acids is 2. The van der Waals surface area contributed by atoms with Crippen LogP contribution in [0.15, 0.2) is 59.4 Å². The van der Waals surface area contributed by atoms with E-state index in [1.807, 2.05) is 47.8 Å². The number of amides is 3. The van der Waals surface area contributed by atoms with Gasteiger partial charge < -0.3 is 5.73 Å². The van der Waals surface area contributed by atoms with E-state index >= 15 is 0 Å². The van der Waals surface area contributed by atoms with Crippen LogP contribution >= 0.6 is 0 Å². The van der Waals surface area contributed by atoms with Crippen molar-refractivity contribution in [1.29, 1.82) is 0 Å². The zero-order valence-corrected chi connectivity index (χ0v) is 13.3. The zero-order valence-electron chi connectivity index (χ0n) is 13.3. The molecule has 2 aromatic carbocycles. The molecule has 7 heteroatoms. The van der Waals surface area contributed by atoms with Crippen LogP contribution in [0, 0.1) is 0 Å². The van der Waals surface area contributed by atoms with Crippen molar-refractivity contribution in [3.8, 4) is 11.3 Å². The molecule has 1 aromatic heterocycles. The summed E-state index contributed by atoms with van der Waals surface area (Å²) in [6, 6.07) is 15.8. The molecular weight excluding hydrogens is 320 g/mol. The first-order valence-electron chi connectivity index (χ1n) is 7.71. The van der Waals surface area contributed by atoms with E-state index in [2.05, 4.69) is 5.10 Å². The molecule has 0 radical (unpaired) electrons. The molecule has 3 rings (SSSR count). The Morgan fingerprint density at radius 3 is 2.32 bits per heavy atom. The molecule has 7 nitrogen and oxygen atoms in total. The van der Waals surface area contributed by atoms with Gasteiger partial charge in [0.05, 0.1) is 17.6 Å². The number of hydrogen-bond donors (Lipinski definition) is 2. The van der Waals surface area contributed by atoms with Crippen molar-refractivity contribution in [2.24, 2.45) is 5.73 Å². The largest absolute Gasteiger partial charge is 0.351 e. The molecule has 126 valence electrons. The normalized spacial score (nSPS) is 10.6. The number of primary amides is 1. The molecular formula is C18H16N4O3. The molecule has 0 unspecified atom stereocenters. The quantitative estimate of drug-likeness (QED) is 0.755. The van der Waals surface area contributed by atoms with E-state index in [-0.39, 0.29) is 18.5 Å². The number of nitrogens with one attached hydrogen (secondary N) is 1. The minimum atomic E-state index is -0.922. The number of aryl methyl sites for hydroxylation is 1. The number of rotatable bonds is 4. The highest BCUT2D eigenvalue weighted by Gasteiger charge is 2.13. The van der Waals surface area contributed by atoms with Gasteiger partial charge in [-0.1, -0.05) is 48.5 Å². The molecule has 0 fully saturated rings. The van der Waals surface area contributed by atoms with Gasteiger partial charge in [0.25, 0.3) is 5.56 Å². The fourth-order valence-corrected chi connectivity index (χ4v) is 2.60. The number of aromatic nitrogens is 2. The van der Waals surface area contributed by atoms with Crippen molar-refractivity contribution in [3.63, 3.8) is 0 Å². The van der Waals surface area contributed by atoms with Crippen molar-refractivity contribution in [2.45, 2.75) is 13.0 Å². The molecule has 0 saturated heterocycles. The highest BCUT2D eigenvalue weighted by molar-refractivity contribution is 5.94.